The smallest absolute Gasteiger partial charge is 0.253 e. The molecule has 0 aliphatic carbocycles. The lowest BCUT2D eigenvalue weighted by atomic mass is 9.98. The second-order valence-electron chi connectivity index (χ2n) is 9.17. The molecule has 6 heteroatoms. The summed E-state index contributed by atoms with van der Waals surface area (Å²) >= 11 is 0. The molecule has 3 heterocycles. The molecule has 0 atom stereocenters. The minimum atomic E-state index is -0.296. The van der Waals surface area contributed by atoms with Gasteiger partial charge in [0.2, 0.25) is 0 Å². The van der Waals surface area contributed by atoms with Crippen LogP contribution >= 0.6 is 0 Å². The molecular weight excluding hydrogens is 417 g/mol. The highest BCUT2D eigenvalue weighted by atomic mass is 19.1. The van der Waals surface area contributed by atoms with Gasteiger partial charge < -0.3 is 9.64 Å². The molecule has 2 saturated heterocycles. The van der Waals surface area contributed by atoms with E-state index in [4.69, 9.17) is 4.74 Å². The molecule has 2 fully saturated rings. The molecule has 33 heavy (non-hydrogen) atoms. The Hall–Kier alpha value is -2.99. The summed E-state index contributed by atoms with van der Waals surface area (Å²) < 4.78 is 19.8. The zero-order chi connectivity index (χ0) is 22.8. The third-order valence-electron chi connectivity index (χ3n) is 7.08. The van der Waals surface area contributed by atoms with Gasteiger partial charge in [0.1, 0.15) is 6.10 Å². The van der Waals surface area contributed by atoms with Crippen molar-refractivity contribution in [1.82, 2.24) is 14.8 Å². The number of aromatic nitrogens is 1. The third-order valence-corrected chi connectivity index (χ3v) is 7.08. The number of pyridine rings is 1. The molecule has 2 aliphatic heterocycles. The van der Waals surface area contributed by atoms with E-state index in [1.54, 1.807) is 24.4 Å². The Balaban J connectivity index is 1.14. The third kappa shape index (κ3) is 4.71. The van der Waals surface area contributed by atoms with Crippen molar-refractivity contribution in [2.45, 2.75) is 44.8 Å². The van der Waals surface area contributed by atoms with Crippen LogP contribution in [-0.4, -0.2) is 59.0 Å². The zero-order valence-electron chi connectivity index (χ0n) is 19.0. The largest absolute Gasteiger partial charge is 0.487 e. The summed E-state index contributed by atoms with van der Waals surface area (Å²) in [5.74, 6) is 0.160. The summed E-state index contributed by atoms with van der Waals surface area (Å²) in [6, 6.07) is 14.9. The number of carbonyl (C=O) groups excluding carboxylic acids is 1. The van der Waals surface area contributed by atoms with Crippen LogP contribution in [0.4, 0.5) is 4.39 Å². The summed E-state index contributed by atoms with van der Waals surface area (Å²) in [5, 5.41) is 1.04. The number of amides is 1. The first-order valence-corrected chi connectivity index (χ1v) is 11.9. The van der Waals surface area contributed by atoms with Crippen molar-refractivity contribution in [1.29, 1.82) is 0 Å². The number of hydrogen-bond acceptors (Lipinski definition) is 4. The van der Waals surface area contributed by atoms with Crippen LogP contribution in [0.1, 0.15) is 41.6 Å². The predicted molar refractivity (Wildman–Crippen MR) is 127 cm³/mol. The molecule has 2 aliphatic rings. The molecule has 172 valence electrons. The standard InChI is InChI=1S/C27H30FN3O2/c1-19-8-13-29-25-7-6-20(18-23(19)25)27(32)31-14-9-21(10-15-31)30-16-11-22(12-17-30)33-26-5-3-2-4-24(26)28/h2-8,13,18,21-22H,9-12,14-17H2,1H3. The molecule has 5 rings (SSSR count). The van der Waals surface area contributed by atoms with Gasteiger partial charge >= 0.3 is 0 Å². The van der Waals surface area contributed by atoms with Crippen molar-refractivity contribution in [3.8, 4) is 5.75 Å². The van der Waals surface area contributed by atoms with Crippen LogP contribution < -0.4 is 4.74 Å². The minimum absolute atomic E-state index is 0.0608. The van der Waals surface area contributed by atoms with Gasteiger partial charge in [-0.1, -0.05) is 12.1 Å². The SMILES string of the molecule is Cc1ccnc2ccc(C(=O)N3CCC(N4CCC(Oc5ccccc5F)CC4)CC3)cc12. The summed E-state index contributed by atoms with van der Waals surface area (Å²) in [5.41, 5.74) is 2.80. The molecular formula is C27H30FN3O2. The topological polar surface area (TPSA) is 45.7 Å². The normalized spacial score (nSPS) is 18.5. The number of nitrogens with zero attached hydrogens (tertiary/aromatic N) is 3. The molecule has 0 radical (unpaired) electrons. The van der Waals surface area contributed by atoms with Crippen molar-refractivity contribution < 1.29 is 13.9 Å². The Morgan fingerprint density at radius 2 is 1.76 bits per heavy atom. The van der Waals surface area contributed by atoms with Gasteiger partial charge in [0.25, 0.3) is 5.91 Å². The van der Waals surface area contributed by atoms with E-state index in [-0.39, 0.29) is 17.8 Å². The summed E-state index contributed by atoms with van der Waals surface area (Å²) in [4.78, 5) is 22.0. The van der Waals surface area contributed by atoms with Crippen LogP contribution in [0.2, 0.25) is 0 Å². The lowest BCUT2D eigenvalue weighted by molar-refractivity contribution is 0.0416. The number of likely N-dealkylation sites (tertiary alicyclic amines) is 2. The zero-order valence-corrected chi connectivity index (χ0v) is 19.0. The number of ether oxygens (including phenoxy) is 1. The fourth-order valence-electron chi connectivity index (χ4n) is 5.11. The number of para-hydroxylation sites is 1. The van der Waals surface area contributed by atoms with Crippen LogP contribution in [0.3, 0.4) is 0 Å². The van der Waals surface area contributed by atoms with Crippen LogP contribution in [0, 0.1) is 12.7 Å². The number of rotatable bonds is 4. The average molecular weight is 448 g/mol. The second-order valence-corrected chi connectivity index (χ2v) is 9.17. The molecule has 0 unspecified atom stereocenters. The molecule has 0 bridgehead atoms. The Kier molecular flexibility index (Phi) is 6.27. The molecule has 0 saturated carbocycles. The highest BCUT2D eigenvalue weighted by Gasteiger charge is 2.30. The monoisotopic (exact) mass is 447 g/mol. The summed E-state index contributed by atoms with van der Waals surface area (Å²) in [7, 11) is 0. The number of carbonyl (C=O) groups is 1. The minimum Gasteiger partial charge on any atom is -0.487 e. The van der Waals surface area contributed by atoms with E-state index in [9.17, 15) is 9.18 Å². The molecule has 1 amide bonds. The van der Waals surface area contributed by atoms with Crippen molar-refractivity contribution in [2.75, 3.05) is 26.2 Å². The maximum Gasteiger partial charge on any atom is 0.253 e. The van der Waals surface area contributed by atoms with Crippen molar-refractivity contribution in [3.63, 3.8) is 0 Å². The lowest BCUT2D eigenvalue weighted by Crippen LogP contribution is -2.50. The molecule has 3 aromatic rings. The van der Waals surface area contributed by atoms with E-state index in [2.05, 4.69) is 9.88 Å². The molecule has 0 spiro atoms. The number of halogens is 1. The first kappa shape index (κ1) is 21.8. The van der Waals surface area contributed by atoms with Gasteiger partial charge in [-0.3, -0.25) is 14.7 Å². The lowest BCUT2D eigenvalue weighted by Gasteiger charge is -2.41. The van der Waals surface area contributed by atoms with Crippen LogP contribution in [0.25, 0.3) is 10.9 Å². The fourth-order valence-corrected chi connectivity index (χ4v) is 5.11. The van der Waals surface area contributed by atoms with E-state index in [0.717, 1.165) is 73.9 Å². The number of fused-ring (bicyclic) bond motifs is 1. The Morgan fingerprint density at radius 1 is 1.00 bits per heavy atom. The number of aryl methyl sites for hydroxylation is 1. The van der Waals surface area contributed by atoms with Gasteiger partial charge in [0.15, 0.2) is 11.6 Å². The summed E-state index contributed by atoms with van der Waals surface area (Å²) in [6.45, 7) is 5.51. The predicted octanol–water partition coefficient (Wildman–Crippen LogP) is 4.83. The molecule has 0 N–H and O–H groups in total. The maximum absolute atomic E-state index is 13.9. The van der Waals surface area contributed by atoms with Gasteiger partial charge in [-0.05, 0) is 74.6 Å². The van der Waals surface area contributed by atoms with E-state index in [0.29, 0.717) is 11.8 Å². The molecule has 2 aromatic carbocycles. The highest BCUT2D eigenvalue weighted by molar-refractivity contribution is 5.98. The number of hydrogen-bond donors (Lipinski definition) is 0. The number of piperidine rings is 2. The van der Waals surface area contributed by atoms with Crippen molar-refractivity contribution in [3.05, 3.63) is 71.7 Å². The maximum atomic E-state index is 13.9. The van der Waals surface area contributed by atoms with E-state index < -0.39 is 0 Å². The Labute approximate surface area is 194 Å². The van der Waals surface area contributed by atoms with Crippen molar-refractivity contribution >= 4 is 16.8 Å². The Morgan fingerprint density at radius 3 is 2.52 bits per heavy atom. The Bertz CT molecular complexity index is 1140. The molecule has 1 aromatic heterocycles. The quantitative estimate of drug-likeness (QED) is 0.575. The first-order valence-electron chi connectivity index (χ1n) is 11.9. The van der Waals surface area contributed by atoms with Crippen LogP contribution in [0.15, 0.2) is 54.7 Å². The fraction of sp³-hybridized carbons (Fsp3) is 0.407. The van der Waals surface area contributed by atoms with Crippen molar-refractivity contribution in [2.24, 2.45) is 0 Å². The molecule has 5 nitrogen and oxygen atoms in total. The van der Waals surface area contributed by atoms with Gasteiger partial charge in [0.05, 0.1) is 5.52 Å². The van der Waals surface area contributed by atoms with Crippen LogP contribution in [0.5, 0.6) is 5.75 Å². The van der Waals surface area contributed by atoms with Gasteiger partial charge in [0, 0.05) is 49.4 Å². The average Bonchev–Trinajstić information content (AvgIpc) is 2.86. The van der Waals surface area contributed by atoms with Gasteiger partial charge in [-0.15, -0.1) is 0 Å². The number of benzene rings is 2. The van der Waals surface area contributed by atoms with Crippen LogP contribution in [-0.2, 0) is 0 Å². The highest BCUT2D eigenvalue weighted by Crippen LogP contribution is 2.26. The summed E-state index contributed by atoms with van der Waals surface area (Å²) in [6.07, 6.45) is 5.64. The van der Waals surface area contributed by atoms with E-state index in [1.165, 1.54) is 6.07 Å². The van der Waals surface area contributed by atoms with Gasteiger partial charge in [-0.25, -0.2) is 4.39 Å². The van der Waals surface area contributed by atoms with E-state index >= 15 is 0 Å². The first-order chi connectivity index (χ1) is 16.1. The van der Waals surface area contributed by atoms with E-state index in [1.807, 2.05) is 36.1 Å². The second kappa shape index (κ2) is 9.48. The van der Waals surface area contributed by atoms with Gasteiger partial charge in [-0.2, -0.15) is 0 Å².